The van der Waals surface area contributed by atoms with Crippen LogP contribution in [0.25, 0.3) is 5.82 Å². The van der Waals surface area contributed by atoms with Crippen LogP contribution in [0.5, 0.6) is 0 Å². The topological polar surface area (TPSA) is 115 Å². The first-order valence-electron chi connectivity index (χ1n) is 4.22. The zero-order valence-electron chi connectivity index (χ0n) is 7.90. The number of nitrogens with zero attached hydrogens (tertiary/aromatic N) is 5. The van der Waals surface area contributed by atoms with Gasteiger partial charge in [0.25, 0.3) is 0 Å². The number of rotatable bonds is 2. The smallest absolute Gasteiger partial charge is 0.192 e. The molecule has 80 valence electrons. The fraction of sp³-hybridized carbons (Fsp3) is 0. The molecule has 0 saturated heterocycles. The van der Waals surface area contributed by atoms with E-state index in [4.69, 9.17) is 10.5 Å². The number of nitriles is 1. The lowest BCUT2D eigenvalue weighted by Gasteiger charge is -2.11. The number of hydrogen-bond acceptors (Lipinski definition) is 6. The highest BCUT2D eigenvalue weighted by Crippen LogP contribution is 2.11. The van der Waals surface area contributed by atoms with Crippen LogP contribution in [-0.2, 0) is 0 Å². The van der Waals surface area contributed by atoms with Crippen LogP contribution in [0.15, 0.2) is 24.7 Å². The van der Waals surface area contributed by atoms with Gasteiger partial charge in [-0.3, -0.25) is 0 Å². The number of nitrogens with one attached hydrogen (secondary N) is 1. The lowest BCUT2D eigenvalue weighted by Crippen LogP contribution is -2.99. The Balaban J connectivity index is 2.53. The van der Waals surface area contributed by atoms with Crippen LogP contribution in [0, 0.1) is 16.5 Å². The fourth-order valence-electron chi connectivity index (χ4n) is 1.14. The monoisotopic (exact) mass is 218 g/mol. The van der Waals surface area contributed by atoms with Crippen molar-refractivity contribution < 1.29 is 10.4 Å². The van der Waals surface area contributed by atoms with Gasteiger partial charge in [-0.2, -0.15) is 20.7 Å². The van der Waals surface area contributed by atoms with Crippen LogP contribution >= 0.6 is 0 Å². The quantitative estimate of drug-likeness (QED) is 0.620. The van der Waals surface area contributed by atoms with E-state index < -0.39 is 5.23 Å². The van der Waals surface area contributed by atoms with Gasteiger partial charge in [0.2, 0.25) is 0 Å². The zero-order chi connectivity index (χ0) is 11.5. The lowest BCUT2D eigenvalue weighted by molar-refractivity contribution is -0.991. The summed E-state index contributed by atoms with van der Waals surface area (Å²) in [6.07, 6.45) is 4.03. The Bertz CT molecular complexity index is 530. The van der Waals surface area contributed by atoms with Gasteiger partial charge < -0.3 is 5.21 Å². The molecule has 2 heterocycles. The molecule has 0 saturated carbocycles. The molecular weight excluding hydrogens is 212 g/mol. The first kappa shape index (κ1) is 10.2. The summed E-state index contributed by atoms with van der Waals surface area (Å²) in [5, 5.41) is 34.8. The molecule has 1 atom stereocenters. The molecule has 2 N–H and O–H groups in total. The van der Waals surface area contributed by atoms with Gasteiger partial charge in [0, 0.05) is 6.07 Å². The predicted molar refractivity (Wildman–Crippen MR) is 49.6 cm³/mol. The molecule has 8 heteroatoms. The Labute approximate surface area is 89.5 Å². The van der Waals surface area contributed by atoms with Gasteiger partial charge in [-0.05, 0) is 0 Å². The van der Waals surface area contributed by atoms with Crippen molar-refractivity contribution >= 4 is 5.69 Å². The molecule has 8 nitrogen and oxygen atoms in total. The minimum atomic E-state index is -1.14. The summed E-state index contributed by atoms with van der Waals surface area (Å²) in [6.45, 7) is 0. The van der Waals surface area contributed by atoms with Crippen molar-refractivity contribution in [3.05, 3.63) is 35.4 Å². The van der Waals surface area contributed by atoms with Crippen molar-refractivity contribution in [3.63, 3.8) is 0 Å². The number of hydrogen-bond donors (Lipinski definition) is 2. The summed E-state index contributed by atoms with van der Waals surface area (Å²) in [5.74, 6) is 0.206. The van der Waals surface area contributed by atoms with E-state index in [1.807, 2.05) is 6.07 Å². The number of quaternary nitrogens is 1. The van der Waals surface area contributed by atoms with Crippen LogP contribution in [0.2, 0.25) is 0 Å². The Morgan fingerprint density at radius 1 is 1.44 bits per heavy atom. The molecular formula is C8H6N6O2. The molecule has 0 amide bonds. The number of pyridine rings is 1. The maximum absolute atomic E-state index is 10.7. The molecule has 0 aliphatic rings. The highest BCUT2D eigenvalue weighted by atomic mass is 16.8. The largest absolute Gasteiger partial charge is 0.595 e. The second kappa shape index (κ2) is 4.03. The highest BCUT2D eigenvalue weighted by molar-refractivity contribution is 5.47. The molecule has 1 unspecified atom stereocenters. The normalized spacial score (nSPS) is 12.1. The number of aromatic nitrogens is 4. The predicted octanol–water partition coefficient (Wildman–Crippen LogP) is -1.06. The third-order valence-electron chi connectivity index (χ3n) is 1.84. The summed E-state index contributed by atoms with van der Waals surface area (Å²) in [7, 11) is 0. The van der Waals surface area contributed by atoms with Crippen molar-refractivity contribution in [2.45, 2.75) is 0 Å². The van der Waals surface area contributed by atoms with Gasteiger partial charge in [0.15, 0.2) is 11.5 Å². The van der Waals surface area contributed by atoms with E-state index >= 15 is 0 Å². The SMILES string of the molecule is N#Cc1cc([NH+]([O-])O)cnc1-n1nccn1. The summed E-state index contributed by atoms with van der Waals surface area (Å²) in [5.41, 5.74) is 0.0588. The maximum atomic E-state index is 10.7. The maximum Gasteiger partial charge on any atom is 0.192 e. The molecule has 0 aromatic carbocycles. The molecule has 0 aliphatic carbocycles. The first-order chi connectivity index (χ1) is 7.72. The van der Waals surface area contributed by atoms with Gasteiger partial charge in [-0.25, -0.2) is 10.2 Å². The van der Waals surface area contributed by atoms with Gasteiger partial charge in [0.05, 0.1) is 18.6 Å². The average Bonchev–Trinajstić information content (AvgIpc) is 2.81. The minimum absolute atomic E-state index is 0.0487. The van der Waals surface area contributed by atoms with Gasteiger partial charge in [-0.15, -0.1) is 4.80 Å². The van der Waals surface area contributed by atoms with E-state index in [0.717, 1.165) is 11.0 Å². The van der Waals surface area contributed by atoms with Crippen LogP contribution < -0.4 is 5.23 Å². The zero-order valence-corrected chi connectivity index (χ0v) is 7.90. The molecule has 0 fully saturated rings. The third kappa shape index (κ3) is 1.73. The third-order valence-corrected chi connectivity index (χ3v) is 1.84. The van der Waals surface area contributed by atoms with E-state index in [1.165, 1.54) is 18.5 Å². The first-order valence-corrected chi connectivity index (χ1v) is 4.22. The summed E-state index contributed by atoms with van der Waals surface area (Å²) in [6, 6.07) is 3.08. The second-order valence-electron chi connectivity index (χ2n) is 2.83. The standard InChI is InChI=1S/C8H6N6O2/c9-4-6-3-7(14(15)16)5-10-8(6)13-11-1-2-12-13/h1-3,5,14-15H. The molecule has 0 spiro atoms. The van der Waals surface area contributed by atoms with Crippen molar-refractivity contribution in [3.8, 4) is 11.9 Å². The van der Waals surface area contributed by atoms with Crippen LogP contribution in [-0.4, -0.2) is 25.2 Å². The summed E-state index contributed by atoms with van der Waals surface area (Å²) in [4.78, 5) is 5.00. The second-order valence-corrected chi connectivity index (χ2v) is 2.83. The lowest BCUT2D eigenvalue weighted by atomic mass is 10.2. The van der Waals surface area contributed by atoms with E-state index in [1.54, 1.807) is 0 Å². The van der Waals surface area contributed by atoms with E-state index in [-0.39, 0.29) is 17.1 Å². The minimum Gasteiger partial charge on any atom is -0.595 e. The van der Waals surface area contributed by atoms with E-state index in [9.17, 15) is 5.21 Å². The Hall–Kier alpha value is -2.34. The molecule has 2 rings (SSSR count). The molecule has 0 bridgehead atoms. The fourth-order valence-corrected chi connectivity index (χ4v) is 1.14. The van der Waals surface area contributed by atoms with Crippen LogP contribution in [0.1, 0.15) is 5.56 Å². The Kier molecular flexibility index (Phi) is 2.57. The molecule has 0 radical (unpaired) electrons. The van der Waals surface area contributed by atoms with Crippen molar-refractivity contribution in [2.24, 2.45) is 0 Å². The average molecular weight is 218 g/mol. The van der Waals surface area contributed by atoms with Crippen molar-refractivity contribution in [1.29, 1.82) is 5.26 Å². The van der Waals surface area contributed by atoms with Crippen molar-refractivity contribution in [2.75, 3.05) is 0 Å². The van der Waals surface area contributed by atoms with E-state index in [2.05, 4.69) is 15.2 Å². The molecule has 0 aliphatic heterocycles. The molecule has 2 aromatic rings. The Morgan fingerprint density at radius 2 is 2.12 bits per heavy atom. The summed E-state index contributed by atoms with van der Waals surface area (Å²) < 4.78 is 0. The van der Waals surface area contributed by atoms with Crippen LogP contribution in [0.4, 0.5) is 5.69 Å². The van der Waals surface area contributed by atoms with Gasteiger partial charge in [0.1, 0.15) is 11.6 Å². The highest BCUT2D eigenvalue weighted by Gasteiger charge is 2.11. The van der Waals surface area contributed by atoms with Gasteiger partial charge >= 0.3 is 0 Å². The molecule has 2 aromatic heterocycles. The van der Waals surface area contributed by atoms with Crippen LogP contribution in [0.3, 0.4) is 0 Å². The summed E-state index contributed by atoms with van der Waals surface area (Å²) >= 11 is 0. The van der Waals surface area contributed by atoms with Gasteiger partial charge in [-0.1, -0.05) is 0 Å². The molecule has 16 heavy (non-hydrogen) atoms. The van der Waals surface area contributed by atoms with E-state index in [0.29, 0.717) is 0 Å². The Morgan fingerprint density at radius 3 is 2.69 bits per heavy atom. The van der Waals surface area contributed by atoms with Crippen molar-refractivity contribution in [1.82, 2.24) is 20.0 Å².